The van der Waals surface area contributed by atoms with Crippen molar-refractivity contribution in [3.8, 4) is 11.5 Å². The molecule has 0 saturated heterocycles. The Morgan fingerprint density at radius 2 is 1.78 bits per heavy atom. The first-order chi connectivity index (χ1) is 12.9. The van der Waals surface area contributed by atoms with Gasteiger partial charge in [-0.05, 0) is 82.3 Å². The molecule has 1 heterocycles. The van der Waals surface area contributed by atoms with Gasteiger partial charge < -0.3 is 14.8 Å². The van der Waals surface area contributed by atoms with Crippen molar-refractivity contribution in [2.24, 2.45) is 23.2 Å². The normalized spacial score (nSPS) is 36.7. The van der Waals surface area contributed by atoms with Gasteiger partial charge in [0.15, 0.2) is 11.5 Å². The van der Waals surface area contributed by atoms with E-state index >= 15 is 0 Å². The molecule has 0 aromatic heterocycles. The number of carbonyl (C=O) groups excluding carboxylic acids is 1. The van der Waals surface area contributed by atoms with E-state index in [1.54, 1.807) is 7.11 Å². The van der Waals surface area contributed by atoms with Crippen molar-refractivity contribution >= 4 is 11.5 Å². The van der Waals surface area contributed by atoms with Gasteiger partial charge in [0.2, 0.25) is 0 Å². The number of ketones is 1. The molecule has 0 amide bonds. The molecule has 1 aliphatic heterocycles. The van der Waals surface area contributed by atoms with Crippen LogP contribution in [0.15, 0.2) is 24.3 Å². The van der Waals surface area contributed by atoms with Crippen LogP contribution in [0.5, 0.6) is 11.5 Å². The van der Waals surface area contributed by atoms with E-state index in [4.69, 9.17) is 9.47 Å². The topological polar surface area (TPSA) is 47.6 Å². The van der Waals surface area contributed by atoms with E-state index in [-0.39, 0.29) is 5.41 Å². The first-order valence-corrected chi connectivity index (χ1v) is 10.3. The van der Waals surface area contributed by atoms with Crippen LogP contribution in [0.3, 0.4) is 0 Å². The highest BCUT2D eigenvalue weighted by Gasteiger charge is 2.54. The molecule has 4 nitrogen and oxygen atoms in total. The summed E-state index contributed by atoms with van der Waals surface area (Å²) in [6.45, 7) is 3.97. The molecule has 4 aliphatic carbocycles. The Balaban J connectivity index is 1.51. The Kier molecular flexibility index (Phi) is 3.66. The third-order valence-electron chi connectivity index (χ3n) is 7.12. The van der Waals surface area contributed by atoms with Crippen LogP contribution in [-0.4, -0.2) is 18.6 Å². The molecule has 6 rings (SSSR count). The molecule has 4 saturated carbocycles. The van der Waals surface area contributed by atoms with E-state index in [0.29, 0.717) is 5.78 Å². The maximum Gasteiger partial charge on any atom is 0.175 e. The van der Waals surface area contributed by atoms with Crippen LogP contribution in [-0.2, 0) is 4.79 Å². The second kappa shape index (κ2) is 5.76. The lowest BCUT2D eigenvalue weighted by atomic mass is 9.48. The van der Waals surface area contributed by atoms with Crippen LogP contribution in [0.1, 0.15) is 57.9 Å². The zero-order chi connectivity index (χ0) is 18.8. The minimum Gasteiger partial charge on any atom is -0.497 e. The summed E-state index contributed by atoms with van der Waals surface area (Å²) in [5.74, 6) is 4.17. The molecular weight excluding hydrogens is 338 g/mol. The number of nitrogens with one attached hydrogen (secondary N) is 1. The van der Waals surface area contributed by atoms with Gasteiger partial charge in [-0.2, -0.15) is 0 Å². The quantitative estimate of drug-likeness (QED) is 0.797. The molecule has 5 aliphatic rings. The molecule has 1 aromatic rings. The molecule has 144 valence electrons. The van der Waals surface area contributed by atoms with Crippen LogP contribution < -0.4 is 14.8 Å². The van der Waals surface area contributed by atoms with Gasteiger partial charge in [-0.25, -0.2) is 0 Å². The third-order valence-corrected chi connectivity index (χ3v) is 7.12. The lowest BCUT2D eigenvalue weighted by molar-refractivity contribution is -0.138. The van der Waals surface area contributed by atoms with Crippen molar-refractivity contribution in [2.45, 2.75) is 58.1 Å². The highest BCUT2D eigenvalue weighted by Crippen LogP contribution is 2.60. The number of allylic oxidation sites excluding steroid dienone is 1. The summed E-state index contributed by atoms with van der Waals surface area (Å²) in [7, 11) is 1.65. The monoisotopic (exact) mass is 367 g/mol. The highest BCUT2D eigenvalue weighted by molar-refractivity contribution is 6.01. The van der Waals surface area contributed by atoms with Crippen LogP contribution >= 0.6 is 0 Å². The van der Waals surface area contributed by atoms with Crippen LogP contribution in [0.25, 0.3) is 5.70 Å². The van der Waals surface area contributed by atoms with Crippen molar-refractivity contribution in [3.63, 3.8) is 0 Å². The number of methoxy groups -OCH3 is 1. The minimum absolute atomic E-state index is 0.113. The van der Waals surface area contributed by atoms with E-state index in [2.05, 4.69) is 5.32 Å². The van der Waals surface area contributed by atoms with Crippen LogP contribution in [0.2, 0.25) is 0 Å². The van der Waals surface area contributed by atoms with Gasteiger partial charge in [0.05, 0.1) is 12.8 Å². The largest absolute Gasteiger partial charge is 0.497 e. The van der Waals surface area contributed by atoms with Crippen molar-refractivity contribution in [1.82, 2.24) is 5.32 Å². The van der Waals surface area contributed by atoms with Gasteiger partial charge in [0.25, 0.3) is 0 Å². The molecular formula is C23H29NO3. The van der Waals surface area contributed by atoms with E-state index < -0.39 is 5.72 Å². The summed E-state index contributed by atoms with van der Waals surface area (Å²) in [4.78, 5) is 13.5. The van der Waals surface area contributed by atoms with Gasteiger partial charge in [-0.3, -0.25) is 4.79 Å². The number of ether oxygens (including phenoxy) is 2. The number of carbonyl (C=O) groups is 1. The SMILES string of the molecule is COc1ccc2c(c1)OC(C)(C)N/C2=C\C(=O)C12CC3CC(CC(C3)C1)C2. The minimum atomic E-state index is -0.563. The summed E-state index contributed by atoms with van der Waals surface area (Å²) >= 11 is 0. The van der Waals surface area contributed by atoms with Gasteiger partial charge in [-0.1, -0.05) is 0 Å². The molecule has 4 heteroatoms. The number of fused-ring (bicyclic) bond motifs is 1. The van der Waals surface area contributed by atoms with Gasteiger partial charge >= 0.3 is 0 Å². The highest BCUT2D eigenvalue weighted by atomic mass is 16.5. The number of rotatable bonds is 3. The van der Waals surface area contributed by atoms with Gasteiger partial charge in [-0.15, -0.1) is 0 Å². The summed E-state index contributed by atoms with van der Waals surface area (Å²) in [5.41, 5.74) is 1.14. The first kappa shape index (κ1) is 17.2. The maximum absolute atomic E-state index is 13.5. The molecule has 4 bridgehead atoms. The maximum atomic E-state index is 13.5. The van der Waals surface area contributed by atoms with E-state index in [9.17, 15) is 4.79 Å². The van der Waals surface area contributed by atoms with E-state index in [0.717, 1.165) is 59.8 Å². The standard InChI is InChI=1S/C23H29NO3/c1-22(2)24-19(18-5-4-17(26-3)9-20(18)27-22)10-21(25)23-11-14-6-15(12-23)8-16(7-14)13-23/h4-5,9-10,14-16,24H,6-8,11-13H2,1-3H3/b19-10-. The molecule has 4 fully saturated rings. The third kappa shape index (κ3) is 2.84. The molecule has 0 radical (unpaired) electrons. The van der Waals surface area contributed by atoms with Gasteiger partial charge in [0, 0.05) is 23.1 Å². The number of hydrogen-bond donors (Lipinski definition) is 1. The predicted molar refractivity (Wildman–Crippen MR) is 104 cm³/mol. The predicted octanol–water partition coefficient (Wildman–Crippen LogP) is 4.54. The fraction of sp³-hybridized carbons (Fsp3) is 0.609. The Morgan fingerprint density at radius 1 is 1.15 bits per heavy atom. The molecule has 1 aromatic carbocycles. The molecule has 1 N–H and O–H groups in total. The summed E-state index contributed by atoms with van der Waals surface area (Å²) in [6, 6.07) is 5.81. The molecule has 0 atom stereocenters. The molecule has 0 unspecified atom stereocenters. The van der Waals surface area contributed by atoms with Crippen LogP contribution in [0, 0.1) is 23.2 Å². The Labute approximate surface area is 161 Å². The molecule has 0 spiro atoms. The van der Waals surface area contributed by atoms with Crippen molar-refractivity contribution in [1.29, 1.82) is 0 Å². The lowest BCUT2D eigenvalue weighted by Crippen LogP contribution is -2.50. The van der Waals surface area contributed by atoms with Crippen molar-refractivity contribution in [2.75, 3.05) is 7.11 Å². The zero-order valence-corrected chi connectivity index (χ0v) is 16.5. The smallest absolute Gasteiger partial charge is 0.175 e. The second-order valence-corrected chi connectivity index (χ2v) is 9.72. The average Bonchev–Trinajstić information content (AvgIpc) is 2.59. The Hall–Kier alpha value is -1.97. The van der Waals surface area contributed by atoms with Crippen molar-refractivity contribution in [3.05, 3.63) is 29.8 Å². The second-order valence-electron chi connectivity index (χ2n) is 9.72. The Morgan fingerprint density at radius 3 is 2.37 bits per heavy atom. The summed E-state index contributed by atoms with van der Waals surface area (Å²) in [6.07, 6.45) is 9.22. The van der Waals surface area contributed by atoms with E-state index in [1.807, 2.05) is 38.1 Å². The number of benzene rings is 1. The average molecular weight is 367 g/mol. The van der Waals surface area contributed by atoms with Crippen LogP contribution in [0.4, 0.5) is 0 Å². The molecule has 27 heavy (non-hydrogen) atoms. The van der Waals surface area contributed by atoms with E-state index in [1.165, 1.54) is 19.3 Å². The fourth-order valence-electron chi connectivity index (χ4n) is 6.44. The summed E-state index contributed by atoms with van der Waals surface area (Å²) < 4.78 is 11.4. The summed E-state index contributed by atoms with van der Waals surface area (Å²) in [5, 5.41) is 3.43. The fourth-order valence-corrected chi connectivity index (χ4v) is 6.44. The van der Waals surface area contributed by atoms with Crippen molar-refractivity contribution < 1.29 is 14.3 Å². The Bertz CT molecular complexity index is 788. The van der Waals surface area contributed by atoms with Gasteiger partial charge in [0.1, 0.15) is 11.5 Å². The zero-order valence-electron chi connectivity index (χ0n) is 16.5. The first-order valence-electron chi connectivity index (χ1n) is 10.3. The number of hydrogen-bond acceptors (Lipinski definition) is 4. The lowest BCUT2D eigenvalue weighted by Gasteiger charge is -2.55.